The van der Waals surface area contributed by atoms with Gasteiger partial charge in [0.1, 0.15) is 4.75 Å². The van der Waals surface area contributed by atoms with Crippen LogP contribution < -0.4 is 0 Å². The number of hydrogen-bond donors (Lipinski definition) is 3. The van der Waals surface area contributed by atoms with Crippen LogP contribution in [0.5, 0.6) is 0 Å². The maximum absolute atomic E-state index is 10.9. The second kappa shape index (κ2) is 5.06. The summed E-state index contributed by atoms with van der Waals surface area (Å²) in [6.07, 6.45) is 0.192. The molecule has 3 N–H and O–H groups in total. The predicted octanol–water partition coefficient (Wildman–Crippen LogP) is 0.524. The molecule has 0 aliphatic carbocycles. The normalized spacial score (nSPS) is 17.0. The zero-order valence-corrected chi connectivity index (χ0v) is 9.29. The second-order valence-electron chi connectivity index (χ2n) is 3.62. The minimum atomic E-state index is -4.44. The minimum Gasteiger partial charge on any atom is -0.367 e. The average molecular weight is 226 g/mol. The molecule has 14 heavy (non-hydrogen) atoms. The highest BCUT2D eigenvalue weighted by molar-refractivity contribution is 7.87. The van der Waals surface area contributed by atoms with Gasteiger partial charge in [-0.15, -0.1) is 0 Å². The van der Waals surface area contributed by atoms with Gasteiger partial charge in [0, 0.05) is 0 Å². The summed E-state index contributed by atoms with van der Waals surface area (Å²) in [6, 6.07) is 0. The van der Waals surface area contributed by atoms with Crippen molar-refractivity contribution in [1.29, 1.82) is 0 Å². The van der Waals surface area contributed by atoms with E-state index in [-0.39, 0.29) is 6.42 Å². The number of aliphatic hydroxyl groups is 2. The fourth-order valence-electron chi connectivity index (χ4n) is 1.12. The van der Waals surface area contributed by atoms with Crippen LogP contribution in [0.3, 0.4) is 0 Å². The van der Waals surface area contributed by atoms with Crippen molar-refractivity contribution < 1.29 is 23.2 Å². The summed E-state index contributed by atoms with van der Waals surface area (Å²) in [4.78, 5) is 0. The van der Waals surface area contributed by atoms with Crippen LogP contribution in [0.4, 0.5) is 0 Å². The number of rotatable bonds is 6. The van der Waals surface area contributed by atoms with Crippen molar-refractivity contribution in [2.75, 3.05) is 0 Å². The van der Waals surface area contributed by atoms with E-state index in [4.69, 9.17) is 14.8 Å². The summed E-state index contributed by atoms with van der Waals surface area (Å²) >= 11 is 0. The molecule has 0 heterocycles. The molecule has 0 aliphatic heterocycles. The first kappa shape index (κ1) is 13.8. The number of aliphatic hydroxyl groups excluding tert-OH is 1. The summed E-state index contributed by atoms with van der Waals surface area (Å²) in [5.74, 6) is 0. The molecule has 6 heteroatoms. The molecule has 0 amide bonds. The molecule has 0 rings (SSSR count). The quantitative estimate of drug-likeness (QED) is 0.349. The van der Waals surface area contributed by atoms with E-state index in [0.29, 0.717) is 6.42 Å². The summed E-state index contributed by atoms with van der Waals surface area (Å²) < 4.78 is 28.8. The van der Waals surface area contributed by atoms with Gasteiger partial charge in [-0.05, 0) is 13.3 Å². The topological polar surface area (TPSA) is 94.8 Å². The zero-order chi connectivity index (χ0) is 11.4. The first-order chi connectivity index (χ1) is 6.25. The lowest BCUT2D eigenvalue weighted by molar-refractivity contribution is -0.0715. The molecule has 0 spiro atoms. The van der Waals surface area contributed by atoms with Gasteiger partial charge >= 0.3 is 0 Å². The third-order valence-electron chi connectivity index (χ3n) is 2.41. The fraction of sp³-hybridized carbons (Fsp3) is 1.00. The molecule has 0 saturated heterocycles. The summed E-state index contributed by atoms with van der Waals surface area (Å²) in [5, 5.41) is 17.8. The lowest BCUT2D eigenvalue weighted by atomic mass is 10.0. The Hall–Kier alpha value is -0.170. The van der Waals surface area contributed by atoms with E-state index in [1.807, 2.05) is 6.92 Å². The fourth-order valence-corrected chi connectivity index (χ4v) is 1.79. The minimum absolute atomic E-state index is 0.0390. The highest BCUT2D eigenvalue weighted by Crippen LogP contribution is 2.26. The van der Waals surface area contributed by atoms with E-state index in [9.17, 15) is 8.42 Å². The Balaban J connectivity index is 4.59. The summed E-state index contributed by atoms with van der Waals surface area (Å²) in [6.45, 7) is 3.07. The Morgan fingerprint density at radius 2 is 1.79 bits per heavy atom. The Bertz CT molecular complexity index is 259. The van der Waals surface area contributed by atoms with Crippen molar-refractivity contribution >= 4 is 10.1 Å². The molecule has 0 radical (unpaired) electrons. The van der Waals surface area contributed by atoms with E-state index in [0.717, 1.165) is 19.8 Å². The highest BCUT2D eigenvalue weighted by Gasteiger charge is 2.43. The maximum atomic E-state index is 10.9. The Kier molecular flexibility index (Phi) is 5.00. The maximum Gasteiger partial charge on any atom is 0.275 e. The van der Waals surface area contributed by atoms with E-state index in [1.54, 1.807) is 0 Å². The molecule has 5 nitrogen and oxygen atoms in total. The average Bonchev–Trinajstić information content (AvgIpc) is 2.02. The first-order valence-electron chi connectivity index (χ1n) is 4.59. The third-order valence-corrected chi connectivity index (χ3v) is 4.01. The van der Waals surface area contributed by atoms with Gasteiger partial charge in [0.2, 0.25) is 0 Å². The lowest BCUT2D eigenvalue weighted by Gasteiger charge is -2.27. The Morgan fingerprint density at radius 1 is 1.29 bits per heavy atom. The van der Waals surface area contributed by atoms with Crippen LogP contribution in [0.25, 0.3) is 0 Å². The number of unbranched alkanes of at least 4 members (excludes halogenated alkanes) is 2. The van der Waals surface area contributed by atoms with Crippen molar-refractivity contribution in [2.24, 2.45) is 0 Å². The van der Waals surface area contributed by atoms with Crippen molar-refractivity contribution in [3.05, 3.63) is 0 Å². The molecule has 0 aromatic rings. The van der Waals surface area contributed by atoms with Gasteiger partial charge in [-0.1, -0.05) is 26.2 Å². The Morgan fingerprint density at radius 3 is 2.07 bits per heavy atom. The van der Waals surface area contributed by atoms with Gasteiger partial charge in [-0.3, -0.25) is 4.55 Å². The smallest absolute Gasteiger partial charge is 0.275 e. The van der Waals surface area contributed by atoms with Crippen LogP contribution in [0, 0.1) is 0 Å². The van der Waals surface area contributed by atoms with Crippen LogP contribution in [-0.2, 0) is 10.1 Å². The molecular weight excluding hydrogens is 208 g/mol. The van der Waals surface area contributed by atoms with E-state index in [1.165, 1.54) is 0 Å². The first-order valence-corrected chi connectivity index (χ1v) is 6.03. The van der Waals surface area contributed by atoms with Gasteiger partial charge in [0.25, 0.3) is 10.1 Å². The molecule has 0 aromatic carbocycles. The van der Waals surface area contributed by atoms with Crippen molar-refractivity contribution in [2.45, 2.75) is 50.6 Å². The van der Waals surface area contributed by atoms with E-state index < -0.39 is 21.2 Å². The molecule has 0 bridgehead atoms. The standard InChI is InChI=1S/C8H18O5S/c1-3-4-5-6-8(2,7(9)10)14(11,12)13/h7,9-10H,3-6H2,1-2H3,(H,11,12,13). The molecule has 0 aromatic heterocycles. The van der Waals surface area contributed by atoms with E-state index in [2.05, 4.69) is 0 Å². The molecule has 0 aliphatic rings. The largest absolute Gasteiger partial charge is 0.367 e. The molecular formula is C8H18O5S. The van der Waals surface area contributed by atoms with Crippen molar-refractivity contribution in [3.63, 3.8) is 0 Å². The van der Waals surface area contributed by atoms with Gasteiger partial charge in [-0.25, -0.2) is 0 Å². The second-order valence-corrected chi connectivity index (χ2v) is 5.50. The van der Waals surface area contributed by atoms with Crippen LogP contribution in [0.2, 0.25) is 0 Å². The summed E-state index contributed by atoms with van der Waals surface area (Å²) in [7, 11) is -4.44. The zero-order valence-electron chi connectivity index (χ0n) is 8.47. The van der Waals surface area contributed by atoms with Crippen LogP contribution in [-0.4, -0.2) is 34.2 Å². The molecule has 1 unspecified atom stereocenters. The Labute approximate surface area is 84.5 Å². The third kappa shape index (κ3) is 3.20. The molecule has 86 valence electrons. The highest BCUT2D eigenvalue weighted by atomic mass is 32.2. The SMILES string of the molecule is CCCCCC(C)(C(O)O)S(=O)(=O)O. The molecule has 1 atom stereocenters. The lowest BCUT2D eigenvalue weighted by Crippen LogP contribution is -2.46. The van der Waals surface area contributed by atoms with E-state index >= 15 is 0 Å². The van der Waals surface area contributed by atoms with Gasteiger partial charge in [0.05, 0.1) is 0 Å². The predicted molar refractivity (Wildman–Crippen MR) is 52.3 cm³/mol. The van der Waals surface area contributed by atoms with Crippen LogP contribution in [0.15, 0.2) is 0 Å². The van der Waals surface area contributed by atoms with Gasteiger partial charge < -0.3 is 10.2 Å². The van der Waals surface area contributed by atoms with Gasteiger partial charge in [0.15, 0.2) is 6.29 Å². The summed E-state index contributed by atoms with van der Waals surface area (Å²) in [5.41, 5.74) is 0. The van der Waals surface area contributed by atoms with Gasteiger partial charge in [-0.2, -0.15) is 8.42 Å². The van der Waals surface area contributed by atoms with Crippen molar-refractivity contribution in [1.82, 2.24) is 0 Å². The van der Waals surface area contributed by atoms with Crippen LogP contribution >= 0.6 is 0 Å². The monoisotopic (exact) mass is 226 g/mol. The molecule has 0 fully saturated rings. The number of hydrogen-bond acceptors (Lipinski definition) is 4. The van der Waals surface area contributed by atoms with Crippen molar-refractivity contribution in [3.8, 4) is 0 Å². The van der Waals surface area contributed by atoms with Crippen LogP contribution in [0.1, 0.15) is 39.5 Å². The molecule has 0 saturated carbocycles.